The molecule has 1 aromatic rings. The quantitative estimate of drug-likeness (QED) is 0.858. The predicted molar refractivity (Wildman–Crippen MR) is 65.2 cm³/mol. The van der Waals surface area contributed by atoms with E-state index < -0.39 is 11.7 Å². The largest absolute Gasteiger partial charge is 0.416 e. The van der Waals surface area contributed by atoms with Gasteiger partial charge in [0.1, 0.15) is 0 Å². The maximum absolute atomic E-state index is 12.9. The van der Waals surface area contributed by atoms with Crippen LogP contribution in [0.25, 0.3) is 0 Å². The van der Waals surface area contributed by atoms with Gasteiger partial charge in [0.2, 0.25) is 0 Å². The van der Waals surface area contributed by atoms with Crippen molar-refractivity contribution < 1.29 is 13.2 Å². The van der Waals surface area contributed by atoms with E-state index in [2.05, 4.69) is 13.8 Å². The summed E-state index contributed by atoms with van der Waals surface area (Å²) < 4.78 is 38.6. The molecule has 0 radical (unpaired) electrons. The average molecular weight is 257 g/mol. The van der Waals surface area contributed by atoms with E-state index >= 15 is 0 Å². The zero-order chi connectivity index (χ0) is 13.7. The van der Waals surface area contributed by atoms with Crippen molar-refractivity contribution in [1.29, 1.82) is 0 Å². The van der Waals surface area contributed by atoms with Crippen molar-refractivity contribution in [2.75, 3.05) is 6.54 Å². The maximum Gasteiger partial charge on any atom is 0.416 e. The number of nitrogens with two attached hydrogens (primary N) is 1. The third-order valence-corrected chi connectivity index (χ3v) is 4.23. The monoisotopic (exact) mass is 257 g/mol. The molecule has 1 aromatic carbocycles. The van der Waals surface area contributed by atoms with Crippen molar-refractivity contribution in [2.24, 2.45) is 17.1 Å². The Balaban J connectivity index is 2.38. The summed E-state index contributed by atoms with van der Waals surface area (Å²) in [6.07, 6.45) is -4.28. The van der Waals surface area contributed by atoms with E-state index in [4.69, 9.17) is 5.73 Å². The lowest BCUT2D eigenvalue weighted by Gasteiger charge is -2.12. The normalized spacial score (nSPS) is 26.2. The van der Waals surface area contributed by atoms with E-state index in [9.17, 15) is 13.2 Å². The fourth-order valence-electron chi connectivity index (χ4n) is 2.98. The molecular formula is C14H18F3N. The van der Waals surface area contributed by atoms with Crippen LogP contribution in [0.4, 0.5) is 13.2 Å². The van der Waals surface area contributed by atoms with Gasteiger partial charge in [-0.05, 0) is 47.9 Å². The van der Waals surface area contributed by atoms with Crippen LogP contribution in [-0.2, 0) is 6.18 Å². The molecule has 0 unspecified atom stereocenters. The first-order chi connectivity index (χ1) is 8.19. The molecule has 18 heavy (non-hydrogen) atoms. The lowest BCUT2D eigenvalue weighted by Crippen LogP contribution is -2.08. The Morgan fingerprint density at radius 1 is 1.28 bits per heavy atom. The number of halogens is 3. The summed E-state index contributed by atoms with van der Waals surface area (Å²) in [4.78, 5) is 0. The Labute approximate surface area is 105 Å². The highest BCUT2D eigenvalue weighted by Gasteiger charge is 2.57. The molecule has 2 atom stereocenters. The Hall–Kier alpha value is -1.03. The summed E-state index contributed by atoms with van der Waals surface area (Å²) in [6, 6.07) is 4.64. The van der Waals surface area contributed by atoms with Gasteiger partial charge in [-0.25, -0.2) is 0 Å². The van der Waals surface area contributed by atoms with Crippen LogP contribution >= 0.6 is 0 Å². The van der Waals surface area contributed by atoms with Crippen LogP contribution in [0.5, 0.6) is 0 Å². The number of hydrogen-bond acceptors (Lipinski definition) is 1. The average Bonchev–Trinajstić information content (AvgIpc) is 2.79. The lowest BCUT2D eigenvalue weighted by molar-refractivity contribution is -0.138. The van der Waals surface area contributed by atoms with Gasteiger partial charge in [-0.1, -0.05) is 26.0 Å². The van der Waals surface area contributed by atoms with Gasteiger partial charge >= 0.3 is 6.18 Å². The number of rotatable bonds is 2. The second kappa shape index (κ2) is 3.98. The minimum Gasteiger partial charge on any atom is -0.330 e. The molecule has 4 heteroatoms. The van der Waals surface area contributed by atoms with Crippen LogP contribution in [0, 0.1) is 18.3 Å². The van der Waals surface area contributed by atoms with E-state index in [1.807, 2.05) is 0 Å². The standard InChI is InChI=1S/C14H18F3N/c1-8-4-5-9(6-10(8)14(15,16)17)12-11(7-18)13(12,2)3/h4-6,11-12H,7,18H2,1-3H3/t11-,12-/m1/s1. The highest BCUT2D eigenvalue weighted by Crippen LogP contribution is 2.64. The van der Waals surface area contributed by atoms with E-state index in [0.29, 0.717) is 6.54 Å². The molecule has 2 N–H and O–H groups in total. The van der Waals surface area contributed by atoms with Crippen LogP contribution in [0.15, 0.2) is 18.2 Å². The molecule has 0 amide bonds. The Morgan fingerprint density at radius 3 is 2.33 bits per heavy atom. The fraction of sp³-hybridized carbons (Fsp3) is 0.571. The van der Waals surface area contributed by atoms with Gasteiger partial charge in [-0.3, -0.25) is 0 Å². The summed E-state index contributed by atoms with van der Waals surface area (Å²) in [5.41, 5.74) is 6.18. The molecule has 0 heterocycles. The van der Waals surface area contributed by atoms with Crippen molar-refractivity contribution in [1.82, 2.24) is 0 Å². The van der Waals surface area contributed by atoms with Gasteiger partial charge in [0.05, 0.1) is 5.56 Å². The van der Waals surface area contributed by atoms with Crippen molar-refractivity contribution in [3.8, 4) is 0 Å². The minimum absolute atomic E-state index is 0.00682. The second-order valence-electron chi connectivity index (χ2n) is 5.71. The van der Waals surface area contributed by atoms with E-state index in [0.717, 1.165) is 5.56 Å². The van der Waals surface area contributed by atoms with Gasteiger partial charge in [0.25, 0.3) is 0 Å². The van der Waals surface area contributed by atoms with Gasteiger partial charge in [0.15, 0.2) is 0 Å². The molecule has 1 nitrogen and oxygen atoms in total. The van der Waals surface area contributed by atoms with Crippen molar-refractivity contribution in [2.45, 2.75) is 32.9 Å². The summed E-state index contributed by atoms with van der Waals surface area (Å²) in [5.74, 6) is 0.422. The summed E-state index contributed by atoms with van der Waals surface area (Å²) >= 11 is 0. The molecule has 1 aliphatic carbocycles. The maximum atomic E-state index is 12.9. The van der Waals surface area contributed by atoms with Crippen LogP contribution in [-0.4, -0.2) is 6.54 Å². The summed E-state index contributed by atoms with van der Waals surface area (Å²) in [5, 5.41) is 0. The van der Waals surface area contributed by atoms with Gasteiger partial charge in [0, 0.05) is 0 Å². The van der Waals surface area contributed by atoms with E-state index in [1.165, 1.54) is 13.0 Å². The Bertz CT molecular complexity index is 463. The zero-order valence-corrected chi connectivity index (χ0v) is 10.8. The second-order valence-corrected chi connectivity index (χ2v) is 5.71. The summed E-state index contributed by atoms with van der Waals surface area (Å²) in [6.45, 7) is 6.13. The molecular weight excluding hydrogens is 239 g/mol. The van der Waals surface area contributed by atoms with Crippen molar-refractivity contribution in [3.05, 3.63) is 34.9 Å². The molecule has 0 saturated heterocycles. The number of alkyl halides is 3. The Kier molecular flexibility index (Phi) is 2.97. The van der Waals surface area contributed by atoms with Crippen LogP contribution in [0.3, 0.4) is 0 Å². The highest BCUT2D eigenvalue weighted by atomic mass is 19.4. The van der Waals surface area contributed by atoms with Gasteiger partial charge in [-0.2, -0.15) is 13.2 Å². The zero-order valence-electron chi connectivity index (χ0n) is 10.8. The molecule has 1 aliphatic rings. The molecule has 1 saturated carbocycles. The number of hydrogen-bond donors (Lipinski definition) is 1. The number of aryl methyl sites for hydroxylation is 1. The van der Waals surface area contributed by atoms with E-state index in [1.54, 1.807) is 12.1 Å². The molecule has 0 aliphatic heterocycles. The molecule has 2 rings (SSSR count). The topological polar surface area (TPSA) is 26.0 Å². The van der Waals surface area contributed by atoms with Crippen molar-refractivity contribution in [3.63, 3.8) is 0 Å². The van der Waals surface area contributed by atoms with Gasteiger partial charge in [-0.15, -0.1) is 0 Å². The van der Waals surface area contributed by atoms with Gasteiger partial charge < -0.3 is 5.73 Å². The third-order valence-electron chi connectivity index (χ3n) is 4.23. The smallest absolute Gasteiger partial charge is 0.330 e. The predicted octanol–water partition coefficient (Wildman–Crippen LogP) is 3.71. The van der Waals surface area contributed by atoms with Crippen molar-refractivity contribution >= 4 is 0 Å². The first kappa shape index (κ1) is 13.4. The SMILES string of the molecule is Cc1ccc([C@@H]2[C@@H](CN)C2(C)C)cc1C(F)(F)F. The first-order valence-corrected chi connectivity index (χ1v) is 6.07. The Morgan fingerprint density at radius 2 is 1.89 bits per heavy atom. The molecule has 0 aromatic heterocycles. The fourth-order valence-corrected chi connectivity index (χ4v) is 2.98. The molecule has 100 valence electrons. The molecule has 0 bridgehead atoms. The molecule has 0 spiro atoms. The molecule has 1 fully saturated rings. The summed E-state index contributed by atoms with van der Waals surface area (Å²) in [7, 11) is 0. The van der Waals surface area contributed by atoms with Crippen LogP contribution in [0.2, 0.25) is 0 Å². The third kappa shape index (κ3) is 2.03. The lowest BCUT2D eigenvalue weighted by atomic mass is 9.98. The van der Waals surface area contributed by atoms with Crippen LogP contribution < -0.4 is 5.73 Å². The minimum atomic E-state index is -4.28. The first-order valence-electron chi connectivity index (χ1n) is 6.07. The highest BCUT2D eigenvalue weighted by molar-refractivity contribution is 5.39. The van der Waals surface area contributed by atoms with Crippen LogP contribution in [0.1, 0.15) is 36.5 Å². The van der Waals surface area contributed by atoms with E-state index in [-0.39, 0.29) is 22.8 Å². The number of benzene rings is 1.